The summed E-state index contributed by atoms with van der Waals surface area (Å²) in [5.74, 6) is 0.187. The van der Waals surface area contributed by atoms with Crippen LogP contribution in [0.4, 0.5) is 0 Å². The molecule has 2 aliphatic rings. The van der Waals surface area contributed by atoms with E-state index in [0.29, 0.717) is 0 Å². The first-order valence-corrected chi connectivity index (χ1v) is 10.8. The van der Waals surface area contributed by atoms with Crippen molar-refractivity contribution in [2.45, 2.75) is 38.6 Å². The van der Waals surface area contributed by atoms with Gasteiger partial charge in [0.1, 0.15) is 0 Å². The summed E-state index contributed by atoms with van der Waals surface area (Å²) in [6.45, 7) is 6.22. The third-order valence-electron chi connectivity index (χ3n) is 6.19. The number of H-pyrrole nitrogens is 1. The Morgan fingerprint density at radius 3 is 2.92 bits per heavy atom. The maximum Gasteiger partial charge on any atom is 0.267 e. The van der Waals surface area contributed by atoms with E-state index < -0.39 is 10.1 Å². The smallest absolute Gasteiger partial charge is 0.267 e. The second-order valence-corrected chi connectivity index (χ2v) is 9.31. The standard InChI is InChI=1S/C19H26N2O3S/c1-3-25(22,23)24-13-14-7-6-11-21-12-10-16-15-8-4-5-9-17(15)20-18(16)19(14,21)2/h4-5,8-9,14,20H,3,6-7,10-13H2,1-2H3. The van der Waals surface area contributed by atoms with Crippen LogP contribution in [0.3, 0.4) is 0 Å². The number of hydrogen-bond donors (Lipinski definition) is 1. The molecule has 2 unspecified atom stereocenters. The number of rotatable bonds is 4. The lowest BCUT2D eigenvalue weighted by molar-refractivity contribution is -0.0249. The minimum atomic E-state index is -3.41. The molecule has 2 atom stereocenters. The van der Waals surface area contributed by atoms with Gasteiger partial charge in [-0.2, -0.15) is 8.42 Å². The molecule has 1 aromatic carbocycles. The summed E-state index contributed by atoms with van der Waals surface area (Å²) in [6.07, 6.45) is 3.11. The highest BCUT2D eigenvalue weighted by Crippen LogP contribution is 2.47. The van der Waals surface area contributed by atoms with E-state index in [2.05, 4.69) is 41.1 Å². The molecule has 2 aliphatic heterocycles. The molecule has 3 heterocycles. The Hall–Kier alpha value is -1.37. The average molecular weight is 362 g/mol. The van der Waals surface area contributed by atoms with Gasteiger partial charge in [-0.25, -0.2) is 0 Å². The molecule has 1 fully saturated rings. The fraction of sp³-hybridized carbons (Fsp3) is 0.579. The summed E-state index contributed by atoms with van der Waals surface area (Å²) < 4.78 is 29.1. The van der Waals surface area contributed by atoms with Gasteiger partial charge in [-0.15, -0.1) is 0 Å². The molecule has 4 rings (SSSR count). The van der Waals surface area contributed by atoms with Crippen molar-refractivity contribution < 1.29 is 12.6 Å². The minimum absolute atomic E-state index is 0.0256. The van der Waals surface area contributed by atoms with Crippen LogP contribution in [0, 0.1) is 5.92 Å². The third kappa shape index (κ3) is 2.71. The number of aromatic nitrogens is 1. The van der Waals surface area contributed by atoms with Gasteiger partial charge in [0.2, 0.25) is 0 Å². The van der Waals surface area contributed by atoms with Gasteiger partial charge in [0.05, 0.1) is 17.9 Å². The first-order valence-electron chi connectivity index (χ1n) is 9.18. The van der Waals surface area contributed by atoms with Crippen molar-refractivity contribution in [3.63, 3.8) is 0 Å². The average Bonchev–Trinajstić information content (AvgIpc) is 3.00. The van der Waals surface area contributed by atoms with Gasteiger partial charge in [-0.1, -0.05) is 18.2 Å². The summed E-state index contributed by atoms with van der Waals surface area (Å²) >= 11 is 0. The Balaban J connectivity index is 1.75. The zero-order chi connectivity index (χ0) is 17.7. The number of hydrogen-bond acceptors (Lipinski definition) is 4. The molecule has 1 N–H and O–H groups in total. The summed E-state index contributed by atoms with van der Waals surface area (Å²) in [7, 11) is -3.41. The molecule has 0 aliphatic carbocycles. The first kappa shape index (κ1) is 17.1. The van der Waals surface area contributed by atoms with Gasteiger partial charge in [0.25, 0.3) is 10.1 Å². The Morgan fingerprint density at radius 1 is 1.32 bits per heavy atom. The number of nitrogens with zero attached hydrogens (tertiary/aromatic N) is 1. The zero-order valence-electron chi connectivity index (χ0n) is 14.9. The summed E-state index contributed by atoms with van der Waals surface area (Å²) in [5, 5.41) is 1.30. The maximum absolute atomic E-state index is 11.8. The van der Waals surface area contributed by atoms with Gasteiger partial charge < -0.3 is 4.98 Å². The Morgan fingerprint density at radius 2 is 2.12 bits per heavy atom. The SMILES string of the molecule is CCS(=O)(=O)OCC1CCCN2CCc3c([nH]c4ccccc34)C12C. The molecular weight excluding hydrogens is 336 g/mol. The molecule has 2 aromatic rings. The van der Waals surface area contributed by atoms with Gasteiger partial charge >= 0.3 is 0 Å². The molecule has 1 aromatic heterocycles. The summed E-state index contributed by atoms with van der Waals surface area (Å²) in [5.41, 5.74) is 3.61. The monoisotopic (exact) mass is 362 g/mol. The van der Waals surface area contributed by atoms with Crippen LogP contribution in [-0.2, 0) is 26.3 Å². The lowest BCUT2D eigenvalue weighted by Gasteiger charge is -2.52. The van der Waals surface area contributed by atoms with Crippen LogP contribution in [0.5, 0.6) is 0 Å². The van der Waals surface area contributed by atoms with Crippen LogP contribution in [0.1, 0.15) is 37.9 Å². The summed E-state index contributed by atoms with van der Waals surface area (Å²) in [6, 6.07) is 8.44. The van der Waals surface area contributed by atoms with Gasteiger partial charge in [-0.3, -0.25) is 9.08 Å². The lowest BCUT2D eigenvalue weighted by atomic mass is 9.72. The van der Waals surface area contributed by atoms with E-state index in [-0.39, 0.29) is 23.8 Å². The summed E-state index contributed by atoms with van der Waals surface area (Å²) in [4.78, 5) is 6.16. The minimum Gasteiger partial charge on any atom is -0.357 e. The highest BCUT2D eigenvalue weighted by Gasteiger charge is 2.48. The van der Waals surface area contributed by atoms with E-state index in [1.54, 1.807) is 6.92 Å². The topological polar surface area (TPSA) is 62.4 Å². The maximum atomic E-state index is 11.8. The molecule has 25 heavy (non-hydrogen) atoms. The quantitative estimate of drug-likeness (QED) is 0.849. The van der Waals surface area contributed by atoms with Crippen LogP contribution in [0.2, 0.25) is 0 Å². The van der Waals surface area contributed by atoms with Gasteiger partial charge in [-0.05, 0) is 51.3 Å². The molecule has 0 spiro atoms. The number of fused-ring (bicyclic) bond motifs is 5. The highest BCUT2D eigenvalue weighted by molar-refractivity contribution is 7.86. The molecule has 0 amide bonds. The van der Waals surface area contributed by atoms with Crippen molar-refractivity contribution in [1.82, 2.24) is 9.88 Å². The third-order valence-corrected chi connectivity index (χ3v) is 7.39. The predicted molar refractivity (Wildman–Crippen MR) is 99.1 cm³/mol. The van der Waals surface area contributed by atoms with Crippen LogP contribution in [0.25, 0.3) is 10.9 Å². The van der Waals surface area contributed by atoms with Crippen molar-refractivity contribution in [3.05, 3.63) is 35.5 Å². The lowest BCUT2D eigenvalue weighted by Crippen LogP contribution is -2.57. The Kier molecular flexibility index (Phi) is 4.17. The number of piperidine rings is 1. The fourth-order valence-electron chi connectivity index (χ4n) is 4.66. The second-order valence-electron chi connectivity index (χ2n) is 7.38. The number of para-hydroxylation sites is 1. The van der Waals surface area contributed by atoms with E-state index in [1.165, 1.54) is 22.2 Å². The second kappa shape index (κ2) is 6.11. The van der Waals surface area contributed by atoms with E-state index >= 15 is 0 Å². The fourth-order valence-corrected chi connectivity index (χ4v) is 5.20. The molecule has 6 heteroatoms. The Bertz CT molecular complexity index is 889. The molecule has 0 bridgehead atoms. The number of nitrogens with one attached hydrogen (secondary N) is 1. The van der Waals surface area contributed by atoms with Crippen LogP contribution < -0.4 is 0 Å². The van der Waals surface area contributed by atoms with E-state index in [4.69, 9.17) is 4.18 Å². The van der Waals surface area contributed by atoms with Crippen molar-refractivity contribution in [1.29, 1.82) is 0 Å². The highest BCUT2D eigenvalue weighted by atomic mass is 32.2. The van der Waals surface area contributed by atoms with E-state index in [1.807, 2.05) is 0 Å². The van der Waals surface area contributed by atoms with E-state index in [0.717, 1.165) is 32.4 Å². The predicted octanol–water partition coefficient (Wildman–Crippen LogP) is 3.02. The van der Waals surface area contributed by atoms with Crippen molar-refractivity contribution in [2.24, 2.45) is 5.92 Å². The largest absolute Gasteiger partial charge is 0.357 e. The first-order chi connectivity index (χ1) is 12.0. The molecule has 0 radical (unpaired) electrons. The van der Waals surface area contributed by atoms with Crippen LogP contribution in [-0.4, -0.2) is 43.8 Å². The van der Waals surface area contributed by atoms with Crippen LogP contribution >= 0.6 is 0 Å². The molecule has 1 saturated heterocycles. The molecule has 0 saturated carbocycles. The van der Waals surface area contributed by atoms with Crippen molar-refractivity contribution in [3.8, 4) is 0 Å². The van der Waals surface area contributed by atoms with E-state index in [9.17, 15) is 8.42 Å². The Labute approximate surface area is 149 Å². The molecular formula is C19H26N2O3S. The van der Waals surface area contributed by atoms with Gasteiger partial charge in [0.15, 0.2) is 0 Å². The van der Waals surface area contributed by atoms with Crippen LogP contribution in [0.15, 0.2) is 24.3 Å². The molecule has 5 nitrogen and oxygen atoms in total. The normalized spacial score (nSPS) is 27.2. The number of aromatic amines is 1. The van der Waals surface area contributed by atoms with Crippen molar-refractivity contribution in [2.75, 3.05) is 25.4 Å². The van der Waals surface area contributed by atoms with Gasteiger partial charge in [0, 0.05) is 29.1 Å². The zero-order valence-corrected chi connectivity index (χ0v) is 15.7. The number of benzene rings is 1. The van der Waals surface area contributed by atoms with Crippen molar-refractivity contribution >= 4 is 21.0 Å². The molecule has 136 valence electrons.